The molecular weight excluding hydrogens is 310 g/mol. The summed E-state index contributed by atoms with van der Waals surface area (Å²) in [6.07, 6.45) is 1.98. The van der Waals surface area contributed by atoms with E-state index >= 15 is 0 Å². The van der Waals surface area contributed by atoms with Crippen molar-refractivity contribution in [2.75, 3.05) is 6.61 Å². The molecule has 0 spiro atoms. The van der Waals surface area contributed by atoms with E-state index in [2.05, 4.69) is 0 Å². The van der Waals surface area contributed by atoms with Crippen LogP contribution in [0.15, 0.2) is 42.5 Å². The first-order valence-corrected chi connectivity index (χ1v) is 8.24. The summed E-state index contributed by atoms with van der Waals surface area (Å²) in [5.74, 6) is -0.853. The van der Waals surface area contributed by atoms with E-state index in [4.69, 9.17) is 14.4 Å². The van der Waals surface area contributed by atoms with Crippen LogP contribution in [0, 0.1) is 5.92 Å². The molecule has 1 aromatic rings. The third kappa shape index (κ3) is 2.52. The lowest BCUT2D eigenvalue weighted by molar-refractivity contribution is -0.435. The zero-order chi connectivity index (χ0) is 16.7. The van der Waals surface area contributed by atoms with Crippen molar-refractivity contribution in [2.24, 2.45) is 5.92 Å². The molecule has 6 nitrogen and oxygen atoms in total. The van der Waals surface area contributed by atoms with Gasteiger partial charge in [-0.2, -0.15) is 0 Å². The maximum atomic E-state index is 12.4. The summed E-state index contributed by atoms with van der Waals surface area (Å²) in [6, 6.07) is 9.59. The monoisotopic (exact) mass is 329 g/mol. The Balaban J connectivity index is 1.71. The second kappa shape index (κ2) is 6.22. The molecule has 2 saturated heterocycles. The quantitative estimate of drug-likeness (QED) is 0.842. The summed E-state index contributed by atoms with van der Waals surface area (Å²) in [6.45, 7) is 2.41. The molecule has 6 heteroatoms. The van der Waals surface area contributed by atoms with Gasteiger partial charge >= 0.3 is 0 Å². The number of fused-ring (bicyclic) bond motifs is 3. The zero-order valence-corrected chi connectivity index (χ0v) is 13.3. The van der Waals surface area contributed by atoms with Crippen molar-refractivity contribution in [3.05, 3.63) is 48.0 Å². The van der Waals surface area contributed by atoms with Gasteiger partial charge in [-0.05, 0) is 24.6 Å². The highest BCUT2D eigenvalue weighted by atomic mass is 17.0. The van der Waals surface area contributed by atoms with Gasteiger partial charge in [-0.25, -0.2) is 4.84 Å². The number of carbonyl (C=O) groups is 2. The van der Waals surface area contributed by atoms with Crippen LogP contribution in [0.3, 0.4) is 0 Å². The second-order valence-electron chi connectivity index (χ2n) is 6.21. The minimum Gasteiger partial charge on any atom is -0.351 e. The third-order valence-corrected chi connectivity index (χ3v) is 4.84. The molecule has 24 heavy (non-hydrogen) atoms. The van der Waals surface area contributed by atoms with Crippen molar-refractivity contribution in [3.8, 4) is 0 Å². The Kier molecular flexibility index (Phi) is 4.05. The molecule has 4 rings (SSSR count). The third-order valence-electron chi connectivity index (χ3n) is 4.84. The van der Waals surface area contributed by atoms with Gasteiger partial charge in [0.15, 0.2) is 24.0 Å². The van der Waals surface area contributed by atoms with Crippen molar-refractivity contribution in [3.63, 3.8) is 0 Å². The van der Waals surface area contributed by atoms with Crippen LogP contribution in [-0.2, 0) is 24.0 Å². The van der Waals surface area contributed by atoms with E-state index in [0.717, 1.165) is 5.56 Å². The van der Waals surface area contributed by atoms with Gasteiger partial charge in [-0.3, -0.25) is 14.4 Å². The molecule has 5 atom stereocenters. The van der Waals surface area contributed by atoms with E-state index in [9.17, 15) is 9.59 Å². The van der Waals surface area contributed by atoms with Crippen molar-refractivity contribution in [2.45, 2.75) is 37.7 Å². The highest BCUT2D eigenvalue weighted by molar-refractivity contribution is 6.09. The number of rotatable bonds is 3. The number of benzene rings is 1. The molecule has 2 aliphatic heterocycles. The molecule has 126 valence electrons. The summed E-state index contributed by atoms with van der Waals surface area (Å²) in [7, 11) is 0. The number of hydroxylamine groups is 2. The van der Waals surface area contributed by atoms with Gasteiger partial charge in [-0.15, -0.1) is 0 Å². The fourth-order valence-corrected chi connectivity index (χ4v) is 3.79. The maximum Gasteiger partial charge on any atom is 0.187 e. The highest BCUT2D eigenvalue weighted by Gasteiger charge is 2.57. The van der Waals surface area contributed by atoms with Gasteiger partial charge in [0.05, 0.1) is 12.0 Å². The number of hydrogen-bond acceptors (Lipinski definition) is 6. The van der Waals surface area contributed by atoms with Crippen LogP contribution in [0.25, 0.3) is 0 Å². The maximum absolute atomic E-state index is 12.4. The normalized spacial score (nSPS) is 35.8. The van der Waals surface area contributed by atoms with Crippen LogP contribution in [0.1, 0.15) is 24.8 Å². The number of nitrogens with zero attached hydrogens (tertiary/aromatic N) is 1. The van der Waals surface area contributed by atoms with E-state index in [1.165, 1.54) is 17.4 Å². The lowest BCUT2D eigenvalue weighted by atomic mass is 9.75. The Morgan fingerprint density at radius 2 is 1.88 bits per heavy atom. The first kappa shape index (κ1) is 15.7. The first-order valence-electron chi connectivity index (χ1n) is 8.24. The van der Waals surface area contributed by atoms with Gasteiger partial charge in [0.25, 0.3) is 0 Å². The van der Waals surface area contributed by atoms with E-state index in [1.54, 1.807) is 0 Å². The largest absolute Gasteiger partial charge is 0.351 e. The number of hydrogen-bond donors (Lipinski definition) is 0. The molecule has 0 N–H and O–H groups in total. The van der Waals surface area contributed by atoms with Crippen molar-refractivity contribution in [1.82, 2.24) is 5.23 Å². The van der Waals surface area contributed by atoms with Crippen molar-refractivity contribution >= 4 is 11.6 Å². The summed E-state index contributed by atoms with van der Waals surface area (Å²) < 4.78 is 5.62. The Hall–Kier alpha value is -1.86. The minimum absolute atomic E-state index is 0.0188. The van der Waals surface area contributed by atoms with Crippen LogP contribution in [0.5, 0.6) is 0 Å². The van der Waals surface area contributed by atoms with Gasteiger partial charge in [0, 0.05) is 18.9 Å². The Bertz CT molecular complexity index is 673. The van der Waals surface area contributed by atoms with E-state index in [-0.39, 0.29) is 23.5 Å². The number of ketones is 2. The van der Waals surface area contributed by atoms with E-state index in [0.29, 0.717) is 13.0 Å². The standard InChI is InChI=1S/C18H19NO5/c1-2-22-15-10-12(11-6-4-3-5-7-11)17-16-13(20)8-9-14(21)18(16)24-19(17)23-15/h3-9,12,15-18H,2,10H2,1H3/t12-,15+,16+,17+,18+/m1/s1. The van der Waals surface area contributed by atoms with Crippen LogP contribution in [-0.4, -0.2) is 41.8 Å². The smallest absolute Gasteiger partial charge is 0.187 e. The summed E-state index contributed by atoms with van der Waals surface area (Å²) in [5.41, 5.74) is 1.08. The minimum atomic E-state index is -0.806. The SMILES string of the molecule is CCO[C@@H]1C[C@H](c2ccccc2)[C@H]2[C@@H]3C(=O)C=CC(=O)[C@@H]3ON2O1. The molecular formula is C18H19NO5. The molecule has 0 saturated carbocycles. The van der Waals surface area contributed by atoms with Crippen LogP contribution >= 0.6 is 0 Å². The van der Waals surface area contributed by atoms with Gasteiger partial charge in [-0.1, -0.05) is 35.6 Å². The summed E-state index contributed by atoms with van der Waals surface area (Å²) in [4.78, 5) is 36.0. The van der Waals surface area contributed by atoms with Crippen LogP contribution in [0.2, 0.25) is 0 Å². The van der Waals surface area contributed by atoms with Gasteiger partial charge < -0.3 is 4.74 Å². The number of allylic oxidation sites excluding steroid dienone is 1. The lowest BCUT2D eigenvalue weighted by Gasteiger charge is -2.39. The zero-order valence-electron chi connectivity index (χ0n) is 13.3. The molecule has 0 aromatic heterocycles. The molecule has 2 heterocycles. The molecule has 0 amide bonds. The Morgan fingerprint density at radius 1 is 1.12 bits per heavy atom. The predicted octanol–water partition coefficient (Wildman–Crippen LogP) is 1.78. The predicted molar refractivity (Wildman–Crippen MR) is 83.4 cm³/mol. The molecule has 3 aliphatic rings. The van der Waals surface area contributed by atoms with Crippen LogP contribution < -0.4 is 0 Å². The average Bonchev–Trinajstić information content (AvgIpc) is 2.99. The molecule has 0 unspecified atom stereocenters. The molecule has 0 radical (unpaired) electrons. The van der Waals surface area contributed by atoms with Crippen molar-refractivity contribution in [1.29, 1.82) is 0 Å². The lowest BCUT2D eigenvalue weighted by Crippen LogP contribution is -2.49. The van der Waals surface area contributed by atoms with Gasteiger partial charge in [0.2, 0.25) is 0 Å². The molecule has 0 bridgehead atoms. The van der Waals surface area contributed by atoms with Crippen molar-refractivity contribution < 1.29 is 24.0 Å². The van der Waals surface area contributed by atoms with E-state index < -0.39 is 18.3 Å². The average molecular weight is 329 g/mol. The molecule has 1 aliphatic carbocycles. The molecule has 1 aromatic carbocycles. The summed E-state index contributed by atoms with van der Waals surface area (Å²) >= 11 is 0. The second-order valence-corrected chi connectivity index (χ2v) is 6.21. The Labute approximate surface area is 139 Å². The highest BCUT2D eigenvalue weighted by Crippen LogP contribution is 2.45. The first-order chi connectivity index (χ1) is 11.7. The number of carbonyl (C=O) groups excluding carboxylic acids is 2. The summed E-state index contributed by atoms with van der Waals surface area (Å²) in [5, 5.41) is 1.33. The van der Waals surface area contributed by atoms with E-state index in [1.807, 2.05) is 37.3 Å². The number of ether oxygens (including phenoxy) is 1. The molecule has 2 fully saturated rings. The fraction of sp³-hybridized carbons (Fsp3) is 0.444. The Morgan fingerprint density at radius 3 is 2.62 bits per heavy atom. The van der Waals surface area contributed by atoms with Gasteiger partial charge in [0.1, 0.15) is 0 Å². The fourth-order valence-electron chi connectivity index (χ4n) is 3.79. The van der Waals surface area contributed by atoms with Crippen LogP contribution in [0.4, 0.5) is 0 Å². The topological polar surface area (TPSA) is 65.1 Å².